The molecule has 0 saturated carbocycles. The van der Waals surface area contributed by atoms with Crippen LogP contribution in [0.4, 0.5) is 0 Å². The van der Waals surface area contributed by atoms with Crippen molar-refractivity contribution in [2.24, 2.45) is 0 Å². The highest BCUT2D eigenvalue weighted by Gasteiger charge is 2.22. The van der Waals surface area contributed by atoms with E-state index in [0.29, 0.717) is 13.1 Å². The zero-order chi connectivity index (χ0) is 11.3. The zero-order valence-electron chi connectivity index (χ0n) is 9.15. The monoisotopic (exact) mass is 236 g/mol. The lowest BCUT2D eigenvalue weighted by Crippen LogP contribution is -2.43. The molecular formula is C9H20N2O3S. The molecule has 1 aliphatic rings. The minimum absolute atomic E-state index is 0.0822. The summed E-state index contributed by atoms with van der Waals surface area (Å²) in [6.07, 6.45) is 3.41. The van der Waals surface area contributed by atoms with Crippen molar-refractivity contribution >= 4 is 10.2 Å². The molecule has 0 aromatic heterocycles. The van der Waals surface area contributed by atoms with Gasteiger partial charge in [-0.2, -0.15) is 17.4 Å². The number of aliphatic hydroxyl groups is 1. The van der Waals surface area contributed by atoms with Crippen LogP contribution in [0.15, 0.2) is 0 Å². The van der Waals surface area contributed by atoms with Gasteiger partial charge in [-0.25, -0.2) is 0 Å². The van der Waals surface area contributed by atoms with Gasteiger partial charge in [-0.15, -0.1) is 0 Å². The highest BCUT2D eigenvalue weighted by Crippen LogP contribution is 2.12. The molecule has 0 radical (unpaired) electrons. The SMILES string of the molecule is CC(O)CNS(=O)(=O)N1CCCCCC1. The number of nitrogens with zero attached hydrogens (tertiary/aromatic N) is 1. The van der Waals surface area contributed by atoms with Gasteiger partial charge in [0, 0.05) is 19.6 Å². The smallest absolute Gasteiger partial charge is 0.279 e. The molecule has 6 heteroatoms. The molecule has 1 fully saturated rings. The van der Waals surface area contributed by atoms with Crippen LogP contribution in [-0.4, -0.2) is 43.6 Å². The van der Waals surface area contributed by atoms with Gasteiger partial charge in [0.1, 0.15) is 0 Å². The Bertz CT molecular complexity index is 269. The van der Waals surface area contributed by atoms with Gasteiger partial charge in [0.25, 0.3) is 10.2 Å². The maximum absolute atomic E-state index is 11.7. The predicted octanol–water partition coefficient (Wildman–Crippen LogP) is 0.0776. The molecule has 0 aromatic carbocycles. The Balaban J connectivity index is 2.51. The lowest BCUT2D eigenvalue weighted by atomic mass is 10.2. The lowest BCUT2D eigenvalue weighted by Gasteiger charge is -2.20. The van der Waals surface area contributed by atoms with Crippen LogP contribution in [0, 0.1) is 0 Å². The molecule has 0 spiro atoms. The lowest BCUT2D eigenvalue weighted by molar-refractivity contribution is 0.197. The molecule has 90 valence electrons. The minimum Gasteiger partial charge on any atom is -0.392 e. The van der Waals surface area contributed by atoms with Crippen LogP contribution in [0.5, 0.6) is 0 Å². The molecule has 15 heavy (non-hydrogen) atoms. The van der Waals surface area contributed by atoms with Gasteiger partial charge in [0.2, 0.25) is 0 Å². The summed E-state index contributed by atoms with van der Waals surface area (Å²) < 4.78 is 27.4. The first-order chi connectivity index (χ1) is 7.02. The van der Waals surface area contributed by atoms with E-state index in [2.05, 4.69) is 4.72 Å². The van der Waals surface area contributed by atoms with Gasteiger partial charge in [-0.1, -0.05) is 12.8 Å². The second kappa shape index (κ2) is 5.79. The molecule has 1 aliphatic heterocycles. The van der Waals surface area contributed by atoms with Crippen molar-refractivity contribution in [3.8, 4) is 0 Å². The Labute approximate surface area is 91.7 Å². The fourth-order valence-corrected chi connectivity index (χ4v) is 2.97. The summed E-state index contributed by atoms with van der Waals surface area (Å²) in [7, 11) is -3.38. The van der Waals surface area contributed by atoms with Crippen LogP contribution >= 0.6 is 0 Å². The summed E-state index contributed by atoms with van der Waals surface area (Å²) in [5, 5.41) is 9.02. The molecule has 0 bridgehead atoms. The van der Waals surface area contributed by atoms with E-state index < -0.39 is 16.3 Å². The Morgan fingerprint density at radius 3 is 2.27 bits per heavy atom. The predicted molar refractivity (Wildman–Crippen MR) is 58.6 cm³/mol. The zero-order valence-corrected chi connectivity index (χ0v) is 9.96. The van der Waals surface area contributed by atoms with Crippen molar-refractivity contribution < 1.29 is 13.5 Å². The van der Waals surface area contributed by atoms with Gasteiger partial charge in [0.15, 0.2) is 0 Å². The highest BCUT2D eigenvalue weighted by atomic mass is 32.2. The van der Waals surface area contributed by atoms with E-state index in [1.54, 1.807) is 6.92 Å². The largest absolute Gasteiger partial charge is 0.392 e. The van der Waals surface area contributed by atoms with E-state index in [4.69, 9.17) is 5.11 Å². The standard InChI is InChI=1S/C9H20N2O3S/c1-9(12)8-10-15(13,14)11-6-4-2-3-5-7-11/h9-10,12H,2-8H2,1H3. The first-order valence-electron chi connectivity index (χ1n) is 5.45. The number of aliphatic hydroxyl groups excluding tert-OH is 1. The van der Waals surface area contributed by atoms with Crippen LogP contribution in [-0.2, 0) is 10.2 Å². The van der Waals surface area contributed by atoms with Crippen molar-refractivity contribution in [2.45, 2.75) is 38.7 Å². The average Bonchev–Trinajstić information content (AvgIpc) is 2.43. The third-order valence-corrected chi connectivity index (χ3v) is 4.04. The van der Waals surface area contributed by atoms with Gasteiger partial charge in [-0.3, -0.25) is 0 Å². The second-order valence-electron chi connectivity index (χ2n) is 4.02. The van der Waals surface area contributed by atoms with Crippen LogP contribution in [0.1, 0.15) is 32.6 Å². The molecule has 1 rings (SSSR count). The Kier molecular flexibility index (Phi) is 4.98. The number of rotatable bonds is 4. The van der Waals surface area contributed by atoms with Crippen molar-refractivity contribution in [2.75, 3.05) is 19.6 Å². The van der Waals surface area contributed by atoms with Gasteiger partial charge in [0.05, 0.1) is 6.10 Å². The van der Waals surface area contributed by atoms with Gasteiger partial charge >= 0.3 is 0 Å². The molecule has 0 aromatic rings. The molecule has 5 nitrogen and oxygen atoms in total. The van der Waals surface area contributed by atoms with E-state index in [1.807, 2.05) is 0 Å². The van der Waals surface area contributed by atoms with E-state index in [9.17, 15) is 8.42 Å². The molecule has 1 saturated heterocycles. The van der Waals surface area contributed by atoms with E-state index in [-0.39, 0.29) is 6.54 Å². The quantitative estimate of drug-likeness (QED) is 0.726. The van der Waals surface area contributed by atoms with Gasteiger partial charge < -0.3 is 5.11 Å². The summed E-state index contributed by atoms with van der Waals surface area (Å²) in [5.74, 6) is 0. The molecule has 2 N–H and O–H groups in total. The van der Waals surface area contributed by atoms with E-state index in [1.165, 1.54) is 4.31 Å². The number of nitrogens with one attached hydrogen (secondary N) is 1. The minimum atomic E-state index is -3.38. The van der Waals surface area contributed by atoms with Gasteiger partial charge in [-0.05, 0) is 19.8 Å². The topological polar surface area (TPSA) is 69.6 Å². The first kappa shape index (κ1) is 12.9. The summed E-state index contributed by atoms with van der Waals surface area (Å²) in [4.78, 5) is 0. The fraction of sp³-hybridized carbons (Fsp3) is 1.00. The summed E-state index contributed by atoms with van der Waals surface area (Å²) in [5.41, 5.74) is 0. The Morgan fingerprint density at radius 1 is 1.27 bits per heavy atom. The molecule has 1 atom stereocenters. The fourth-order valence-electron chi connectivity index (χ4n) is 1.60. The third kappa shape index (κ3) is 4.46. The summed E-state index contributed by atoms with van der Waals surface area (Å²) >= 11 is 0. The molecule has 1 heterocycles. The second-order valence-corrected chi connectivity index (χ2v) is 5.77. The first-order valence-corrected chi connectivity index (χ1v) is 6.89. The normalized spacial score (nSPS) is 22.3. The van der Waals surface area contributed by atoms with Crippen molar-refractivity contribution in [1.82, 2.24) is 9.03 Å². The Hall–Kier alpha value is -0.170. The van der Waals surface area contributed by atoms with Crippen LogP contribution < -0.4 is 4.72 Å². The third-order valence-electron chi connectivity index (χ3n) is 2.47. The highest BCUT2D eigenvalue weighted by molar-refractivity contribution is 7.87. The van der Waals surface area contributed by atoms with Crippen LogP contribution in [0.2, 0.25) is 0 Å². The molecule has 0 aliphatic carbocycles. The maximum Gasteiger partial charge on any atom is 0.279 e. The van der Waals surface area contributed by atoms with Crippen molar-refractivity contribution in [3.63, 3.8) is 0 Å². The van der Waals surface area contributed by atoms with Crippen LogP contribution in [0.3, 0.4) is 0 Å². The van der Waals surface area contributed by atoms with Crippen molar-refractivity contribution in [3.05, 3.63) is 0 Å². The van der Waals surface area contributed by atoms with Crippen molar-refractivity contribution in [1.29, 1.82) is 0 Å². The Morgan fingerprint density at radius 2 is 1.80 bits per heavy atom. The summed E-state index contributed by atoms with van der Waals surface area (Å²) in [6.45, 7) is 2.83. The van der Waals surface area contributed by atoms with E-state index in [0.717, 1.165) is 25.7 Å². The summed E-state index contributed by atoms with van der Waals surface area (Å²) in [6, 6.07) is 0. The van der Waals surface area contributed by atoms with Crippen LogP contribution in [0.25, 0.3) is 0 Å². The maximum atomic E-state index is 11.7. The average molecular weight is 236 g/mol. The molecular weight excluding hydrogens is 216 g/mol. The van der Waals surface area contributed by atoms with E-state index >= 15 is 0 Å². The number of hydrogen-bond donors (Lipinski definition) is 2. The number of hydrogen-bond acceptors (Lipinski definition) is 3. The molecule has 1 unspecified atom stereocenters. The molecule has 0 amide bonds.